The number of nitrogens with one attached hydrogen (secondary N) is 2. The first-order chi connectivity index (χ1) is 16.7. The first-order valence-electron chi connectivity index (χ1n) is 9.95. The average molecular weight is 515 g/mol. The van der Waals surface area contributed by atoms with Gasteiger partial charge in [0.15, 0.2) is 29.0 Å². The van der Waals surface area contributed by atoms with Crippen LogP contribution >= 0.6 is 11.8 Å². The normalized spacial score (nSPS) is 10.9. The van der Waals surface area contributed by atoms with Crippen molar-refractivity contribution in [3.05, 3.63) is 75.9 Å². The monoisotopic (exact) mass is 515 g/mol. The highest BCUT2D eigenvalue weighted by molar-refractivity contribution is 7.97. The summed E-state index contributed by atoms with van der Waals surface area (Å²) in [7, 11) is 0. The van der Waals surface area contributed by atoms with E-state index in [1.807, 2.05) is 5.48 Å². The number of halogens is 5. The largest absolute Gasteiger partial charge is 0.352 e. The second-order valence-corrected chi connectivity index (χ2v) is 7.77. The van der Waals surface area contributed by atoms with E-state index in [1.165, 1.54) is 16.4 Å². The van der Waals surface area contributed by atoms with Crippen LogP contribution in [0.5, 0.6) is 0 Å². The van der Waals surface area contributed by atoms with Crippen molar-refractivity contribution in [3.63, 3.8) is 0 Å². The van der Waals surface area contributed by atoms with Crippen molar-refractivity contribution < 1.29 is 36.4 Å². The Hall–Kier alpha value is -3.52. The zero-order valence-corrected chi connectivity index (χ0v) is 19.1. The molecule has 0 saturated heterocycles. The zero-order chi connectivity index (χ0) is 25.7. The molecule has 3 aromatic rings. The summed E-state index contributed by atoms with van der Waals surface area (Å²) in [6.45, 7) is 1.12. The summed E-state index contributed by atoms with van der Waals surface area (Å²) in [5, 5.41) is 10.4. The van der Waals surface area contributed by atoms with E-state index < -0.39 is 47.2 Å². The number of hydrogen-bond acceptors (Lipinski definition) is 6. The molecule has 0 spiro atoms. The molecule has 0 bridgehead atoms. The van der Waals surface area contributed by atoms with Crippen molar-refractivity contribution in [3.8, 4) is 5.69 Å². The lowest BCUT2D eigenvalue weighted by atomic mass is 10.2. The SMILES string of the molecule is CCNC(=O)c1ccc(-n2nnc(C(=O)NOCc3c(F)c(F)c(F)c(F)c3F)c2CSC)cc1. The summed E-state index contributed by atoms with van der Waals surface area (Å²) in [5.41, 5.74) is 1.68. The van der Waals surface area contributed by atoms with E-state index in [-0.39, 0.29) is 17.4 Å². The number of carbonyl (C=O) groups is 2. The van der Waals surface area contributed by atoms with E-state index >= 15 is 0 Å². The van der Waals surface area contributed by atoms with Crippen LogP contribution in [0.3, 0.4) is 0 Å². The molecule has 35 heavy (non-hydrogen) atoms. The number of nitrogens with zero attached hydrogens (tertiary/aromatic N) is 3. The van der Waals surface area contributed by atoms with E-state index in [1.54, 1.807) is 37.4 Å². The standard InChI is InChI=1S/C21H18F5N5O3S/c1-3-27-20(32)10-4-6-11(7-5-10)31-13(9-35-2)19(28-30-31)21(33)29-34-8-12-14(22)16(24)18(26)17(25)15(12)23/h4-7H,3,8-9H2,1-2H3,(H,27,32)(H,29,33). The molecule has 0 aliphatic carbocycles. The van der Waals surface area contributed by atoms with Crippen molar-refractivity contribution in [2.75, 3.05) is 12.8 Å². The lowest BCUT2D eigenvalue weighted by molar-refractivity contribution is 0.0203. The predicted molar refractivity (Wildman–Crippen MR) is 115 cm³/mol. The maximum absolute atomic E-state index is 13.8. The average Bonchev–Trinajstić information content (AvgIpc) is 3.27. The van der Waals surface area contributed by atoms with Crippen molar-refractivity contribution in [1.82, 2.24) is 25.8 Å². The van der Waals surface area contributed by atoms with Crippen molar-refractivity contribution in [1.29, 1.82) is 0 Å². The Kier molecular flexibility index (Phi) is 8.40. The number of benzene rings is 2. The molecule has 0 saturated carbocycles. The number of amides is 2. The molecule has 0 fully saturated rings. The van der Waals surface area contributed by atoms with Crippen LogP contribution in [0, 0.1) is 29.1 Å². The molecule has 1 aromatic heterocycles. The van der Waals surface area contributed by atoms with Gasteiger partial charge in [-0.2, -0.15) is 11.8 Å². The fourth-order valence-electron chi connectivity index (χ4n) is 2.97. The van der Waals surface area contributed by atoms with Gasteiger partial charge in [0.25, 0.3) is 11.8 Å². The second kappa shape index (κ2) is 11.3. The van der Waals surface area contributed by atoms with Gasteiger partial charge in [0, 0.05) is 17.9 Å². The number of thioether (sulfide) groups is 1. The van der Waals surface area contributed by atoms with Crippen LogP contribution in [0.1, 0.15) is 39.0 Å². The minimum atomic E-state index is -2.30. The van der Waals surface area contributed by atoms with Crippen molar-refractivity contribution >= 4 is 23.6 Å². The minimum absolute atomic E-state index is 0.190. The second-order valence-electron chi connectivity index (χ2n) is 6.90. The molecule has 1 heterocycles. The summed E-state index contributed by atoms with van der Waals surface area (Å²) < 4.78 is 68.7. The molecule has 8 nitrogen and oxygen atoms in total. The molecular weight excluding hydrogens is 497 g/mol. The Morgan fingerprint density at radius 1 is 0.971 bits per heavy atom. The number of aromatic nitrogens is 3. The summed E-state index contributed by atoms with van der Waals surface area (Å²) in [5.74, 6) is -11.6. The summed E-state index contributed by atoms with van der Waals surface area (Å²) >= 11 is 1.34. The number of rotatable bonds is 9. The molecule has 2 aromatic carbocycles. The Labute approximate surface area is 199 Å². The molecule has 0 radical (unpaired) electrons. The molecule has 14 heteroatoms. The molecule has 186 valence electrons. The molecule has 0 unspecified atom stereocenters. The van der Waals surface area contributed by atoms with Gasteiger partial charge in [-0.25, -0.2) is 32.1 Å². The quantitative estimate of drug-likeness (QED) is 0.196. The van der Waals surface area contributed by atoms with Gasteiger partial charge < -0.3 is 5.32 Å². The molecule has 2 amide bonds. The number of hydroxylamine groups is 1. The van der Waals surface area contributed by atoms with E-state index in [2.05, 4.69) is 15.6 Å². The third kappa shape index (κ3) is 5.43. The fraction of sp³-hybridized carbons (Fsp3) is 0.238. The van der Waals surface area contributed by atoms with Crippen LogP contribution < -0.4 is 10.8 Å². The summed E-state index contributed by atoms with van der Waals surface area (Å²) in [4.78, 5) is 29.2. The lowest BCUT2D eigenvalue weighted by Gasteiger charge is -2.10. The Bertz CT molecular complexity index is 1220. The third-order valence-corrected chi connectivity index (χ3v) is 5.21. The molecule has 0 aliphatic heterocycles. The van der Waals surface area contributed by atoms with Crippen LogP contribution in [0.25, 0.3) is 5.69 Å². The minimum Gasteiger partial charge on any atom is -0.352 e. The van der Waals surface area contributed by atoms with Crippen LogP contribution in [-0.2, 0) is 17.2 Å². The van der Waals surface area contributed by atoms with Gasteiger partial charge in [0.05, 0.1) is 16.9 Å². The number of hydrogen-bond donors (Lipinski definition) is 2. The first kappa shape index (κ1) is 26.1. The van der Waals surface area contributed by atoms with Crippen molar-refractivity contribution in [2.24, 2.45) is 0 Å². The highest BCUT2D eigenvalue weighted by Crippen LogP contribution is 2.23. The highest BCUT2D eigenvalue weighted by Gasteiger charge is 2.26. The van der Waals surface area contributed by atoms with E-state index in [0.717, 1.165) is 0 Å². The van der Waals surface area contributed by atoms with Crippen LogP contribution in [0.2, 0.25) is 0 Å². The molecule has 3 rings (SSSR count). The van der Waals surface area contributed by atoms with E-state index in [9.17, 15) is 31.5 Å². The van der Waals surface area contributed by atoms with Gasteiger partial charge in [-0.3, -0.25) is 14.4 Å². The van der Waals surface area contributed by atoms with Gasteiger partial charge in [0.2, 0.25) is 5.82 Å². The van der Waals surface area contributed by atoms with E-state index in [0.29, 0.717) is 23.5 Å². The zero-order valence-electron chi connectivity index (χ0n) is 18.3. The first-order valence-corrected chi connectivity index (χ1v) is 11.3. The molecule has 0 atom stereocenters. The summed E-state index contributed by atoms with van der Waals surface area (Å²) in [6.07, 6.45) is 1.76. The van der Waals surface area contributed by atoms with Gasteiger partial charge in [0.1, 0.15) is 6.61 Å². The van der Waals surface area contributed by atoms with Gasteiger partial charge in [-0.1, -0.05) is 5.21 Å². The Morgan fingerprint density at radius 2 is 1.57 bits per heavy atom. The molecular formula is C21H18F5N5O3S. The topological polar surface area (TPSA) is 98.1 Å². The van der Waals surface area contributed by atoms with Crippen LogP contribution in [0.4, 0.5) is 22.0 Å². The summed E-state index contributed by atoms with van der Waals surface area (Å²) in [6, 6.07) is 6.34. The number of carbonyl (C=O) groups excluding carboxylic acids is 2. The highest BCUT2D eigenvalue weighted by atomic mass is 32.2. The van der Waals surface area contributed by atoms with Gasteiger partial charge in [-0.15, -0.1) is 5.10 Å². The van der Waals surface area contributed by atoms with Gasteiger partial charge >= 0.3 is 0 Å². The lowest BCUT2D eigenvalue weighted by Crippen LogP contribution is -2.26. The smallest absolute Gasteiger partial charge is 0.297 e. The predicted octanol–water partition coefficient (Wildman–Crippen LogP) is 3.44. The fourth-order valence-corrected chi connectivity index (χ4v) is 3.50. The Morgan fingerprint density at radius 3 is 2.14 bits per heavy atom. The maximum atomic E-state index is 13.8. The van der Waals surface area contributed by atoms with E-state index in [4.69, 9.17) is 4.84 Å². The van der Waals surface area contributed by atoms with Gasteiger partial charge in [-0.05, 0) is 37.4 Å². The van der Waals surface area contributed by atoms with Crippen LogP contribution in [0.15, 0.2) is 24.3 Å². The molecule has 0 aliphatic rings. The third-order valence-electron chi connectivity index (χ3n) is 4.65. The maximum Gasteiger partial charge on any atom is 0.297 e. The van der Waals surface area contributed by atoms with Crippen molar-refractivity contribution in [2.45, 2.75) is 19.3 Å². The Balaban J connectivity index is 1.77. The molecule has 2 N–H and O–H groups in total. The van der Waals surface area contributed by atoms with Crippen LogP contribution in [-0.4, -0.2) is 39.6 Å².